The van der Waals surface area contributed by atoms with E-state index in [1.165, 1.54) is 17.1 Å². The predicted molar refractivity (Wildman–Crippen MR) is 74.6 cm³/mol. The molecule has 6 nitrogen and oxygen atoms in total. The number of nitriles is 2. The van der Waals surface area contributed by atoms with Crippen LogP contribution in [0.1, 0.15) is 6.92 Å². The summed E-state index contributed by atoms with van der Waals surface area (Å²) in [5.41, 5.74) is 1.10. The van der Waals surface area contributed by atoms with E-state index in [1.54, 1.807) is 30.3 Å². The first-order chi connectivity index (χ1) is 9.69. The van der Waals surface area contributed by atoms with E-state index < -0.39 is 0 Å². The molecule has 1 aromatic carbocycles. The van der Waals surface area contributed by atoms with Gasteiger partial charge in [0.25, 0.3) is 5.56 Å². The van der Waals surface area contributed by atoms with Crippen molar-refractivity contribution < 1.29 is 0 Å². The van der Waals surface area contributed by atoms with Crippen molar-refractivity contribution in [2.75, 3.05) is 5.32 Å². The molecule has 0 saturated carbocycles. The summed E-state index contributed by atoms with van der Waals surface area (Å²) in [4.78, 5) is 16.2. The van der Waals surface area contributed by atoms with Gasteiger partial charge in [0, 0.05) is 18.4 Å². The molecular weight excluding hydrogens is 254 g/mol. The van der Waals surface area contributed by atoms with E-state index in [-0.39, 0.29) is 11.1 Å². The number of aromatic nitrogens is 2. The molecule has 6 heteroatoms. The zero-order valence-electron chi connectivity index (χ0n) is 10.8. The second kappa shape index (κ2) is 5.68. The first-order valence-electron chi connectivity index (χ1n) is 5.95. The minimum Gasteiger partial charge on any atom is -0.360 e. The lowest BCUT2D eigenvalue weighted by atomic mass is 10.2. The fraction of sp³-hybridized carbons (Fsp3) is 0.143. The lowest BCUT2D eigenvalue weighted by Gasteiger charge is -2.05. The summed E-state index contributed by atoms with van der Waals surface area (Å²) in [6.45, 7) is 2.44. The number of fused-ring (bicyclic) bond motifs is 1. The summed E-state index contributed by atoms with van der Waals surface area (Å²) < 4.78 is 1.53. The fourth-order valence-corrected chi connectivity index (χ4v) is 1.72. The topological polar surface area (TPSA) is 94.5 Å². The van der Waals surface area contributed by atoms with Crippen molar-refractivity contribution in [3.8, 4) is 12.1 Å². The Morgan fingerprint density at radius 1 is 1.45 bits per heavy atom. The first-order valence-corrected chi connectivity index (χ1v) is 5.95. The molecule has 0 aliphatic heterocycles. The van der Waals surface area contributed by atoms with Gasteiger partial charge in [-0.3, -0.25) is 9.36 Å². The molecule has 0 amide bonds. The maximum Gasteiger partial charge on any atom is 0.261 e. The summed E-state index contributed by atoms with van der Waals surface area (Å²) >= 11 is 0. The largest absolute Gasteiger partial charge is 0.360 e. The molecule has 2 aromatic rings. The average molecular weight is 265 g/mol. The van der Waals surface area contributed by atoms with Crippen molar-refractivity contribution in [2.24, 2.45) is 0 Å². The maximum atomic E-state index is 12.0. The SMILES string of the molecule is CCn1cnc2cc(NC=C(C#N)C#N)ccc2c1=O. The van der Waals surface area contributed by atoms with Crippen LogP contribution >= 0.6 is 0 Å². The molecule has 20 heavy (non-hydrogen) atoms. The number of nitrogens with one attached hydrogen (secondary N) is 1. The molecular formula is C14H11N5O. The fourth-order valence-electron chi connectivity index (χ4n) is 1.72. The monoisotopic (exact) mass is 265 g/mol. The number of benzene rings is 1. The summed E-state index contributed by atoms with van der Waals surface area (Å²) in [6.07, 6.45) is 2.81. The summed E-state index contributed by atoms with van der Waals surface area (Å²) in [7, 11) is 0. The van der Waals surface area contributed by atoms with Crippen LogP contribution in [0.3, 0.4) is 0 Å². The summed E-state index contributed by atoms with van der Waals surface area (Å²) in [6, 6.07) is 8.57. The van der Waals surface area contributed by atoms with E-state index in [9.17, 15) is 4.79 Å². The van der Waals surface area contributed by atoms with E-state index in [0.717, 1.165) is 0 Å². The quantitative estimate of drug-likeness (QED) is 0.853. The number of rotatable bonds is 3. The molecule has 0 radical (unpaired) electrons. The van der Waals surface area contributed by atoms with E-state index in [4.69, 9.17) is 10.5 Å². The zero-order chi connectivity index (χ0) is 14.5. The normalized spacial score (nSPS) is 9.55. The third-order valence-corrected chi connectivity index (χ3v) is 2.79. The molecule has 0 spiro atoms. The lowest BCUT2D eigenvalue weighted by Crippen LogP contribution is -2.19. The van der Waals surface area contributed by atoms with E-state index in [0.29, 0.717) is 23.1 Å². The van der Waals surface area contributed by atoms with Crippen LogP contribution in [0.2, 0.25) is 0 Å². The van der Waals surface area contributed by atoms with Gasteiger partial charge in [0.2, 0.25) is 0 Å². The molecule has 0 fully saturated rings. The number of hydrogen-bond acceptors (Lipinski definition) is 5. The number of allylic oxidation sites excluding steroid dienone is 1. The lowest BCUT2D eigenvalue weighted by molar-refractivity contribution is 0.717. The number of anilines is 1. The highest BCUT2D eigenvalue weighted by Gasteiger charge is 2.03. The van der Waals surface area contributed by atoms with Crippen molar-refractivity contribution in [3.05, 3.63) is 46.7 Å². The Balaban J connectivity index is 2.42. The molecule has 1 N–H and O–H groups in total. The molecule has 0 unspecified atom stereocenters. The Hall–Kier alpha value is -3.12. The van der Waals surface area contributed by atoms with Crippen molar-refractivity contribution in [2.45, 2.75) is 13.5 Å². The molecule has 2 rings (SSSR count). The van der Waals surface area contributed by atoms with Crippen LogP contribution in [-0.2, 0) is 6.54 Å². The Bertz CT molecular complexity index is 804. The molecule has 0 saturated heterocycles. The second-order valence-corrected chi connectivity index (χ2v) is 3.99. The van der Waals surface area contributed by atoms with Gasteiger partial charge in [-0.1, -0.05) is 0 Å². The Labute approximate surface area is 115 Å². The number of hydrogen-bond donors (Lipinski definition) is 1. The molecule has 1 aromatic heterocycles. The molecule has 1 heterocycles. The van der Waals surface area contributed by atoms with Gasteiger partial charge in [0.15, 0.2) is 0 Å². The summed E-state index contributed by atoms with van der Waals surface area (Å²) in [5, 5.41) is 20.6. The van der Waals surface area contributed by atoms with Crippen LogP contribution in [0, 0.1) is 22.7 Å². The standard InChI is InChI=1S/C14H11N5O/c1-2-19-9-18-13-5-11(3-4-12(13)14(19)20)17-8-10(6-15)7-16/h3-5,8-9,17H,2H2,1H3. The van der Waals surface area contributed by atoms with Crippen molar-refractivity contribution in [1.82, 2.24) is 9.55 Å². The van der Waals surface area contributed by atoms with Crippen LogP contribution in [-0.4, -0.2) is 9.55 Å². The van der Waals surface area contributed by atoms with Crippen molar-refractivity contribution in [1.29, 1.82) is 10.5 Å². The smallest absolute Gasteiger partial charge is 0.261 e. The Morgan fingerprint density at radius 2 is 2.20 bits per heavy atom. The van der Waals surface area contributed by atoms with Gasteiger partial charge in [-0.05, 0) is 25.1 Å². The third-order valence-electron chi connectivity index (χ3n) is 2.79. The maximum absolute atomic E-state index is 12.0. The highest BCUT2D eigenvalue weighted by Crippen LogP contribution is 2.14. The number of aryl methyl sites for hydroxylation is 1. The van der Waals surface area contributed by atoms with Crippen LogP contribution in [0.5, 0.6) is 0 Å². The molecule has 0 bridgehead atoms. The highest BCUT2D eigenvalue weighted by atomic mass is 16.1. The van der Waals surface area contributed by atoms with Gasteiger partial charge in [-0.25, -0.2) is 4.98 Å². The highest BCUT2D eigenvalue weighted by molar-refractivity contribution is 5.81. The van der Waals surface area contributed by atoms with Gasteiger partial charge in [0.05, 0.1) is 17.2 Å². The van der Waals surface area contributed by atoms with Crippen LogP contribution < -0.4 is 10.9 Å². The molecule has 0 aliphatic rings. The zero-order valence-corrected chi connectivity index (χ0v) is 10.8. The summed E-state index contributed by atoms with van der Waals surface area (Å²) in [5.74, 6) is 0. The van der Waals surface area contributed by atoms with Crippen molar-refractivity contribution >= 4 is 16.6 Å². The van der Waals surface area contributed by atoms with E-state index in [2.05, 4.69) is 10.3 Å². The van der Waals surface area contributed by atoms with E-state index in [1.807, 2.05) is 6.92 Å². The van der Waals surface area contributed by atoms with Gasteiger partial charge in [0.1, 0.15) is 17.7 Å². The minimum atomic E-state index is -0.0886. The van der Waals surface area contributed by atoms with Crippen LogP contribution in [0.15, 0.2) is 41.1 Å². The van der Waals surface area contributed by atoms with Gasteiger partial charge >= 0.3 is 0 Å². The Kier molecular flexibility index (Phi) is 3.78. The third kappa shape index (κ3) is 2.50. The van der Waals surface area contributed by atoms with Gasteiger partial charge in [-0.2, -0.15) is 10.5 Å². The van der Waals surface area contributed by atoms with Crippen LogP contribution in [0.4, 0.5) is 5.69 Å². The van der Waals surface area contributed by atoms with Gasteiger partial charge in [-0.15, -0.1) is 0 Å². The van der Waals surface area contributed by atoms with E-state index >= 15 is 0 Å². The molecule has 0 aliphatic carbocycles. The Morgan fingerprint density at radius 3 is 2.85 bits per heavy atom. The second-order valence-electron chi connectivity index (χ2n) is 3.99. The minimum absolute atomic E-state index is 0.0283. The van der Waals surface area contributed by atoms with Crippen molar-refractivity contribution in [3.63, 3.8) is 0 Å². The molecule has 98 valence electrons. The average Bonchev–Trinajstić information content (AvgIpc) is 2.48. The van der Waals surface area contributed by atoms with Gasteiger partial charge < -0.3 is 5.32 Å². The molecule has 0 atom stereocenters. The first kappa shape index (κ1) is 13.3. The predicted octanol–water partition coefficient (Wildman–Crippen LogP) is 1.76. The number of nitrogens with zero attached hydrogens (tertiary/aromatic N) is 4. The van der Waals surface area contributed by atoms with Crippen LogP contribution in [0.25, 0.3) is 10.9 Å².